The van der Waals surface area contributed by atoms with Crippen molar-refractivity contribution >= 4 is 19.7 Å². The van der Waals surface area contributed by atoms with Crippen LogP contribution in [-0.2, 0) is 8.87 Å². The molecule has 0 aliphatic heterocycles. The van der Waals surface area contributed by atoms with Crippen LogP contribution in [0.1, 0.15) is 13.8 Å². The van der Waals surface area contributed by atoms with Crippen LogP contribution in [0.15, 0.2) is 0 Å². The summed E-state index contributed by atoms with van der Waals surface area (Å²) in [5.41, 5.74) is 0. The van der Waals surface area contributed by atoms with Gasteiger partial charge in [-0.1, -0.05) is 13.8 Å². The Kier molecular flexibility index (Phi) is 3.58. The van der Waals surface area contributed by atoms with Crippen molar-refractivity contribution in [3.63, 3.8) is 0 Å². The summed E-state index contributed by atoms with van der Waals surface area (Å²) in [6, 6.07) is 0. The molecule has 0 unspecified atom stereocenters. The number of rotatable bonds is 3. The fraction of sp³-hybridized carbons (Fsp3) is 1.00. The van der Waals surface area contributed by atoms with Crippen LogP contribution < -0.4 is 0 Å². The maximum Gasteiger partial charge on any atom is 0.198 e. The van der Waals surface area contributed by atoms with E-state index in [1.54, 1.807) is 0 Å². The first-order valence-corrected chi connectivity index (χ1v) is 6.15. The zero-order chi connectivity index (χ0) is 7.49. The molecule has 0 spiro atoms. The van der Waals surface area contributed by atoms with Gasteiger partial charge >= 0.3 is 0 Å². The predicted molar refractivity (Wildman–Crippen MR) is 42.1 cm³/mol. The maximum atomic E-state index is 10.5. The summed E-state index contributed by atoms with van der Waals surface area (Å²) in [5.74, 6) is 1.14. The molecule has 0 saturated heterocycles. The molecule has 0 aliphatic carbocycles. The molecule has 56 valence electrons. The highest BCUT2D eigenvalue weighted by Crippen LogP contribution is 2.13. The van der Waals surface area contributed by atoms with Gasteiger partial charge in [-0.2, -0.15) is 0 Å². The number of hydrogen-bond donors (Lipinski definition) is 0. The molecule has 0 aromatic rings. The van der Waals surface area contributed by atoms with Gasteiger partial charge < -0.3 is 0 Å². The molecule has 0 fully saturated rings. The molecular formula is C5H12O2S2. The molecule has 0 rings (SSSR count). The molecule has 0 radical (unpaired) electrons. The molecule has 0 aromatic carbocycles. The molecule has 9 heavy (non-hydrogen) atoms. The SMILES string of the molecule is CC(C)CSS(C)(=O)=O. The van der Waals surface area contributed by atoms with E-state index in [0.717, 1.165) is 10.8 Å². The summed E-state index contributed by atoms with van der Waals surface area (Å²) in [6.07, 6.45) is 1.24. The Hall–Kier alpha value is 0.300. The minimum atomic E-state index is -2.80. The summed E-state index contributed by atoms with van der Waals surface area (Å²) in [6.45, 7) is 4.00. The van der Waals surface area contributed by atoms with Crippen LogP contribution in [0.5, 0.6) is 0 Å². The molecule has 0 saturated carbocycles. The Labute approximate surface area is 60.3 Å². The minimum Gasteiger partial charge on any atom is -0.218 e. The van der Waals surface area contributed by atoms with Gasteiger partial charge in [-0.3, -0.25) is 0 Å². The van der Waals surface area contributed by atoms with E-state index in [9.17, 15) is 8.42 Å². The van der Waals surface area contributed by atoms with E-state index >= 15 is 0 Å². The lowest BCUT2D eigenvalue weighted by Gasteiger charge is -1.99. The fourth-order valence-corrected chi connectivity index (χ4v) is 2.34. The van der Waals surface area contributed by atoms with Gasteiger partial charge in [-0.15, -0.1) is 0 Å². The third kappa shape index (κ3) is 8.30. The summed E-state index contributed by atoms with van der Waals surface area (Å²) in [4.78, 5) is 0. The van der Waals surface area contributed by atoms with Crippen molar-refractivity contribution in [2.24, 2.45) is 5.92 Å². The fourth-order valence-electron chi connectivity index (χ4n) is 0.260. The smallest absolute Gasteiger partial charge is 0.198 e. The van der Waals surface area contributed by atoms with Gasteiger partial charge in [-0.05, 0) is 16.7 Å². The average molecular weight is 168 g/mol. The second-order valence-electron chi connectivity index (χ2n) is 2.38. The Morgan fingerprint density at radius 1 is 1.44 bits per heavy atom. The highest BCUT2D eigenvalue weighted by molar-refractivity contribution is 8.71. The van der Waals surface area contributed by atoms with Gasteiger partial charge in [0.15, 0.2) is 8.87 Å². The van der Waals surface area contributed by atoms with Crippen LogP contribution in [0.3, 0.4) is 0 Å². The monoisotopic (exact) mass is 168 g/mol. The second kappa shape index (κ2) is 3.46. The molecule has 0 atom stereocenters. The van der Waals surface area contributed by atoms with Crippen molar-refractivity contribution in [3.8, 4) is 0 Å². The number of hydrogen-bond acceptors (Lipinski definition) is 3. The van der Waals surface area contributed by atoms with Gasteiger partial charge in [0.25, 0.3) is 0 Å². The zero-order valence-corrected chi connectivity index (χ0v) is 7.55. The molecule has 2 nitrogen and oxygen atoms in total. The first-order chi connectivity index (χ1) is 3.92. The van der Waals surface area contributed by atoms with Crippen LogP contribution in [0, 0.1) is 5.92 Å². The van der Waals surface area contributed by atoms with E-state index in [1.165, 1.54) is 6.26 Å². The van der Waals surface area contributed by atoms with Crippen LogP contribution in [0.25, 0.3) is 0 Å². The Morgan fingerprint density at radius 2 is 1.89 bits per heavy atom. The van der Waals surface area contributed by atoms with Crippen LogP contribution >= 0.6 is 10.8 Å². The Bertz CT molecular complexity index is 158. The lowest BCUT2D eigenvalue weighted by Crippen LogP contribution is -1.96. The third-order valence-corrected chi connectivity index (χ3v) is 3.54. The summed E-state index contributed by atoms with van der Waals surface area (Å²) in [7, 11) is -1.79. The van der Waals surface area contributed by atoms with Gasteiger partial charge in [0.2, 0.25) is 0 Å². The highest BCUT2D eigenvalue weighted by atomic mass is 33.1. The quantitative estimate of drug-likeness (QED) is 0.596. The molecule has 0 bridgehead atoms. The lowest BCUT2D eigenvalue weighted by molar-refractivity contribution is 0.615. The zero-order valence-electron chi connectivity index (χ0n) is 5.92. The minimum absolute atomic E-state index is 0.449. The van der Waals surface area contributed by atoms with E-state index in [-0.39, 0.29) is 0 Å². The summed E-state index contributed by atoms with van der Waals surface area (Å²) in [5, 5.41) is 0. The van der Waals surface area contributed by atoms with E-state index < -0.39 is 8.87 Å². The van der Waals surface area contributed by atoms with E-state index in [2.05, 4.69) is 0 Å². The Balaban J connectivity index is 3.53. The van der Waals surface area contributed by atoms with Crippen molar-refractivity contribution in [1.29, 1.82) is 0 Å². The molecule has 0 aromatic heterocycles. The standard InChI is InChI=1S/C5H12O2S2/c1-5(2)4-8-9(3,6)7/h5H,4H2,1-3H3. The normalized spacial score (nSPS) is 12.4. The first-order valence-electron chi connectivity index (χ1n) is 2.76. The van der Waals surface area contributed by atoms with Crippen molar-refractivity contribution < 1.29 is 8.42 Å². The van der Waals surface area contributed by atoms with Crippen molar-refractivity contribution in [3.05, 3.63) is 0 Å². The summed E-state index contributed by atoms with van der Waals surface area (Å²) >= 11 is 0. The first kappa shape index (κ1) is 9.30. The van der Waals surface area contributed by atoms with E-state index in [1.807, 2.05) is 13.8 Å². The summed E-state index contributed by atoms with van der Waals surface area (Å²) < 4.78 is 21.0. The topological polar surface area (TPSA) is 34.1 Å². The molecule has 0 amide bonds. The molecule has 4 heteroatoms. The van der Waals surface area contributed by atoms with Crippen LogP contribution in [0.4, 0.5) is 0 Å². The van der Waals surface area contributed by atoms with E-state index in [4.69, 9.17) is 0 Å². The molecular weight excluding hydrogens is 156 g/mol. The van der Waals surface area contributed by atoms with Crippen molar-refractivity contribution in [2.45, 2.75) is 13.8 Å². The van der Waals surface area contributed by atoms with Gasteiger partial charge in [-0.25, -0.2) is 8.42 Å². The average Bonchev–Trinajstić information content (AvgIpc) is 1.59. The molecule has 0 aliphatic rings. The molecule has 0 N–H and O–H groups in total. The lowest BCUT2D eigenvalue weighted by atomic mass is 10.3. The largest absolute Gasteiger partial charge is 0.218 e. The van der Waals surface area contributed by atoms with Gasteiger partial charge in [0.05, 0.1) is 0 Å². The van der Waals surface area contributed by atoms with E-state index in [0.29, 0.717) is 11.7 Å². The highest BCUT2D eigenvalue weighted by Gasteiger charge is 2.03. The molecule has 0 heterocycles. The van der Waals surface area contributed by atoms with Gasteiger partial charge in [0, 0.05) is 12.0 Å². The maximum absolute atomic E-state index is 10.5. The third-order valence-electron chi connectivity index (χ3n) is 0.615. The van der Waals surface area contributed by atoms with Gasteiger partial charge in [0.1, 0.15) is 0 Å². The second-order valence-corrected chi connectivity index (χ2v) is 6.88. The predicted octanol–water partition coefficient (Wildman–Crippen LogP) is 1.34. The van der Waals surface area contributed by atoms with Crippen LogP contribution in [0.2, 0.25) is 0 Å². The van der Waals surface area contributed by atoms with Crippen LogP contribution in [-0.4, -0.2) is 20.4 Å². The van der Waals surface area contributed by atoms with Crippen molar-refractivity contribution in [2.75, 3.05) is 12.0 Å². The van der Waals surface area contributed by atoms with Crippen molar-refractivity contribution in [1.82, 2.24) is 0 Å². The Morgan fingerprint density at radius 3 is 2.00 bits per heavy atom.